The molecule has 0 atom stereocenters. The highest BCUT2D eigenvalue weighted by atomic mass is 16.5. The lowest BCUT2D eigenvalue weighted by molar-refractivity contribution is 0.0955. The molecule has 0 aliphatic rings. The summed E-state index contributed by atoms with van der Waals surface area (Å²) in [7, 11) is 3.46. The van der Waals surface area contributed by atoms with E-state index in [1.54, 1.807) is 18.0 Å². The predicted molar refractivity (Wildman–Crippen MR) is 118 cm³/mol. The number of fused-ring (bicyclic) bond motifs is 1. The molecule has 6 heteroatoms. The number of carbonyl (C=O) groups is 1. The number of carbonyl (C=O) groups excluding carboxylic acids is 1. The van der Waals surface area contributed by atoms with Crippen LogP contribution >= 0.6 is 0 Å². The van der Waals surface area contributed by atoms with Crippen molar-refractivity contribution < 1.29 is 9.53 Å². The zero-order valence-corrected chi connectivity index (χ0v) is 17.1. The Hall–Kier alpha value is -3.67. The first-order valence-electron chi connectivity index (χ1n) is 9.95. The Labute approximate surface area is 175 Å². The van der Waals surface area contributed by atoms with Crippen LogP contribution < -0.4 is 10.1 Å². The molecule has 4 rings (SSSR count). The fourth-order valence-electron chi connectivity index (χ4n) is 3.47. The normalized spacial score (nSPS) is 10.9. The van der Waals surface area contributed by atoms with Crippen LogP contribution in [-0.4, -0.2) is 34.3 Å². The molecule has 0 unspecified atom stereocenters. The first-order chi connectivity index (χ1) is 14.7. The lowest BCUT2D eigenvalue weighted by Gasteiger charge is -2.10. The number of amides is 1. The molecule has 0 saturated heterocycles. The van der Waals surface area contributed by atoms with E-state index in [0.29, 0.717) is 23.4 Å². The fourth-order valence-corrected chi connectivity index (χ4v) is 3.47. The molecule has 2 aromatic carbocycles. The third-order valence-electron chi connectivity index (χ3n) is 5.09. The molecule has 1 N–H and O–H groups in total. The monoisotopic (exact) mass is 400 g/mol. The van der Waals surface area contributed by atoms with E-state index in [-0.39, 0.29) is 5.91 Å². The van der Waals surface area contributed by atoms with Gasteiger partial charge in [0, 0.05) is 19.2 Å². The maximum Gasteiger partial charge on any atom is 0.252 e. The van der Waals surface area contributed by atoms with Gasteiger partial charge in [0.05, 0.1) is 30.0 Å². The van der Waals surface area contributed by atoms with Gasteiger partial charge in [0.1, 0.15) is 5.75 Å². The van der Waals surface area contributed by atoms with Crippen LogP contribution in [0.15, 0.2) is 66.9 Å². The van der Waals surface area contributed by atoms with Gasteiger partial charge in [-0.05, 0) is 36.6 Å². The van der Waals surface area contributed by atoms with Gasteiger partial charge >= 0.3 is 0 Å². The summed E-state index contributed by atoms with van der Waals surface area (Å²) in [5, 5.41) is 8.08. The van der Waals surface area contributed by atoms with Crippen molar-refractivity contribution in [2.24, 2.45) is 7.05 Å². The van der Waals surface area contributed by atoms with Gasteiger partial charge in [-0.15, -0.1) is 0 Å². The summed E-state index contributed by atoms with van der Waals surface area (Å²) in [6, 6.07) is 19.8. The first-order valence-corrected chi connectivity index (χ1v) is 9.95. The van der Waals surface area contributed by atoms with Crippen LogP contribution in [0.1, 0.15) is 22.3 Å². The molecule has 4 aromatic rings. The van der Waals surface area contributed by atoms with Crippen molar-refractivity contribution in [1.82, 2.24) is 20.1 Å². The van der Waals surface area contributed by atoms with Crippen LogP contribution in [0.3, 0.4) is 0 Å². The Morgan fingerprint density at radius 2 is 1.93 bits per heavy atom. The molecular formula is C24H24N4O2. The van der Waals surface area contributed by atoms with E-state index in [1.807, 2.05) is 55.6 Å². The quantitative estimate of drug-likeness (QED) is 0.476. The van der Waals surface area contributed by atoms with Gasteiger partial charge in [0.25, 0.3) is 5.91 Å². The molecule has 1 amide bonds. The van der Waals surface area contributed by atoms with E-state index in [0.717, 1.165) is 29.5 Å². The summed E-state index contributed by atoms with van der Waals surface area (Å²) in [6.07, 6.45) is 3.49. The second kappa shape index (κ2) is 8.78. The number of benzene rings is 2. The van der Waals surface area contributed by atoms with Gasteiger partial charge in [-0.3, -0.25) is 9.48 Å². The Bertz CT molecular complexity index is 1170. The molecule has 0 aliphatic heterocycles. The zero-order valence-electron chi connectivity index (χ0n) is 17.1. The Balaban J connectivity index is 1.57. The summed E-state index contributed by atoms with van der Waals surface area (Å²) < 4.78 is 7.01. The molecule has 0 aliphatic carbocycles. The Kier molecular flexibility index (Phi) is 5.75. The number of nitrogens with one attached hydrogen (secondary N) is 1. The maximum atomic E-state index is 13.0. The summed E-state index contributed by atoms with van der Waals surface area (Å²) in [6.45, 7) is 0.603. The second-order valence-electron chi connectivity index (χ2n) is 7.14. The van der Waals surface area contributed by atoms with E-state index >= 15 is 0 Å². The largest absolute Gasteiger partial charge is 0.497 e. The number of aromatic nitrogens is 3. The van der Waals surface area contributed by atoms with Crippen LogP contribution in [-0.2, 0) is 13.5 Å². The van der Waals surface area contributed by atoms with Gasteiger partial charge in [-0.1, -0.05) is 42.5 Å². The summed E-state index contributed by atoms with van der Waals surface area (Å²) >= 11 is 0. The number of hydrogen-bond acceptors (Lipinski definition) is 4. The number of pyridine rings is 1. The van der Waals surface area contributed by atoms with Crippen molar-refractivity contribution in [3.8, 4) is 17.0 Å². The van der Waals surface area contributed by atoms with Crippen molar-refractivity contribution in [3.63, 3.8) is 0 Å². The van der Waals surface area contributed by atoms with E-state index in [4.69, 9.17) is 9.72 Å². The third-order valence-corrected chi connectivity index (χ3v) is 5.09. The highest BCUT2D eigenvalue weighted by molar-refractivity contribution is 6.06. The topological polar surface area (TPSA) is 69.0 Å². The molecule has 0 saturated carbocycles. The standard InChI is InChI=1S/C24H24N4O2/c1-28-23-21(16-26-28)20(15-22(27-23)18-11-6-12-19(14-18)30-2)24(29)25-13-7-10-17-8-4-3-5-9-17/h3-6,8-9,11-12,14-16H,7,10,13H2,1-2H3,(H,25,29). The summed E-state index contributed by atoms with van der Waals surface area (Å²) in [5.41, 5.74) is 4.11. The highest BCUT2D eigenvalue weighted by Gasteiger charge is 2.16. The molecule has 0 fully saturated rings. The molecule has 30 heavy (non-hydrogen) atoms. The second-order valence-corrected chi connectivity index (χ2v) is 7.14. The van der Waals surface area contributed by atoms with Crippen LogP contribution in [0.25, 0.3) is 22.3 Å². The predicted octanol–water partition coefficient (Wildman–Crippen LogP) is 4.01. The number of aryl methyl sites for hydroxylation is 2. The molecule has 6 nitrogen and oxygen atoms in total. The Morgan fingerprint density at radius 3 is 2.73 bits per heavy atom. The number of ether oxygens (including phenoxy) is 1. The third kappa shape index (κ3) is 4.17. The molecule has 0 radical (unpaired) electrons. The number of methoxy groups -OCH3 is 1. The van der Waals surface area contributed by atoms with Crippen LogP contribution in [0, 0.1) is 0 Å². The minimum Gasteiger partial charge on any atom is -0.497 e. The zero-order chi connectivity index (χ0) is 20.9. The van der Waals surface area contributed by atoms with Crippen LogP contribution in [0.5, 0.6) is 5.75 Å². The smallest absolute Gasteiger partial charge is 0.252 e. The van der Waals surface area contributed by atoms with Crippen molar-refractivity contribution in [2.45, 2.75) is 12.8 Å². The van der Waals surface area contributed by atoms with Gasteiger partial charge in [0.15, 0.2) is 5.65 Å². The molecular weight excluding hydrogens is 376 g/mol. The minimum atomic E-state index is -0.118. The number of nitrogens with zero attached hydrogens (tertiary/aromatic N) is 3. The lowest BCUT2D eigenvalue weighted by Crippen LogP contribution is -2.25. The van der Waals surface area contributed by atoms with Crippen LogP contribution in [0.2, 0.25) is 0 Å². The maximum absolute atomic E-state index is 13.0. The SMILES string of the molecule is COc1cccc(-c2cc(C(=O)NCCCc3ccccc3)c3cnn(C)c3n2)c1. The van der Waals surface area contributed by atoms with E-state index in [9.17, 15) is 4.79 Å². The average Bonchev–Trinajstić information content (AvgIpc) is 3.17. The van der Waals surface area contributed by atoms with Crippen molar-refractivity contribution in [2.75, 3.05) is 13.7 Å². The van der Waals surface area contributed by atoms with E-state index in [1.165, 1.54) is 5.56 Å². The van der Waals surface area contributed by atoms with Crippen molar-refractivity contribution in [1.29, 1.82) is 0 Å². The highest BCUT2D eigenvalue weighted by Crippen LogP contribution is 2.27. The van der Waals surface area contributed by atoms with Crippen molar-refractivity contribution in [3.05, 3.63) is 78.0 Å². The van der Waals surface area contributed by atoms with Gasteiger partial charge in [-0.2, -0.15) is 5.10 Å². The molecule has 0 bridgehead atoms. The first kappa shape index (κ1) is 19.6. The number of rotatable bonds is 7. The molecule has 152 valence electrons. The fraction of sp³-hybridized carbons (Fsp3) is 0.208. The van der Waals surface area contributed by atoms with E-state index < -0.39 is 0 Å². The van der Waals surface area contributed by atoms with Gasteiger partial charge in [-0.25, -0.2) is 4.98 Å². The molecule has 0 spiro atoms. The van der Waals surface area contributed by atoms with Crippen molar-refractivity contribution >= 4 is 16.9 Å². The average molecular weight is 400 g/mol. The minimum absolute atomic E-state index is 0.118. The summed E-state index contributed by atoms with van der Waals surface area (Å²) in [5.74, 6) is 0.624. The van der Waals surface area contributed by atoms with Gasteiger partial charge < -0.3 is 10.1 Å². The molecule has 2 aromatic heterocycles. The lowest BCUT2D eigenvalue weighted by atomic mass is 10.1. The number of hydrogen-bond donors (Lipinski definition) is 1. The van der Waals surface area contributed by atoms with Gasteiger partial charge in [0.2, 0.25) is 0 Å². The Morgan fingerprint density at radius 1 is 1.10 bits per heavy atom. The summed E-state index contributed by atoms with van der Waals surface area (Å²) in [4.78, 5) is 17.7. The van der Waals surface area contributed by atoms with E-state index in [2.05, 4.69) is 22.5 Å². The molecule has 2 heterocycles. The van der Waals surface area contributed by atoms with Crippen LogP contribution in [0.4, 0.5) is 0 Å².